The van der Waals surface area contributed by atoms with Crippen LogP contribution < -0.4 is 0 Å². The summed E-state index contributed by atoms with van der Waals surface area (Å²) in [5.74, 6) is -11.6. The lowest BCUT2D eigenvalue weighted by Crippen LogP contribution is -2.06. The molecular weight excluding hydrogens is 344 g/mol. The van der Waals surface area contributed by atoms with E-state index in [1.54, 1.807) is 0 Å². The number of hydrogen-bond donors (Lipinski definition) is 0. The smallest absolute Gasteiger partial charge is 0.169 e. The molecule has 1 rings (SSSR count). The van der Waals surface area contributed by atoms with Gasteiger partial charge in [-0.25, -0.2) is 35.1 Å². The van der Waals surface area contributed by atoms with Crippen LogP contribution in [0.5, 0.6) is 0 Å². The van der Waals surface area contributed by atoms with Gasteiger partial charge in [0.05, 0.1) is 12.0 Å². The molecule has 0 unspecified atom stereocenters. The molecule has 0 aliphatic rings. The molecule has 0 nitrogen and oxygen atoms in total. The van der Waals surface area contributed by atoms with Crippen molar-refractivity contribution in [2.24, 2.45) is 0 Å². The minimum absolute atomic E-state index is 0.548. The summed E-state index contributed by atoms with van der Waals surface area (Å²) in [4.78, 5) is 0. The van der Waals surface area contributed by atoms with Crippen molar-refractivity contribution in [1.82, 2.24) is 0 Å². The number of rotatable bonds is 4. The third kappa shape index (κ3) is 3.68. The minimum Gasteiger partial charge on any atom is -0.212 e. The van der Waals surface area contributed by atoms with Crippen LogP contribution in [0.15, 0.2) is 29.4 Å². The zero-order valence-electron chi connectivity index (χ0n) is 12.8. The third-order valence-electron chi connectivity index (χ3n) is 3.44. The van der Waals surface area contributed by atoms with E-state index in [2.05, 4.69) is 0 Å². The van der Waals surface area contributed by atoms with Gasteiger partial charge in [0.2, 0.25) is 0 Å². The van der Waals surface area contributed by atoms with Crippen LogP contribution in [0.4, 0.5) is 35.1 Å². The number of allylic oxidation sites excluding steroid dienone is 5. The van der Waals surface area contributed by atoms with Gasteiger partial charge in [-0.2, -0.15) is 0 Å². The molecule has 0 heterocycles. The van der Waals surface area contributed by atoms with E-state index in [0.717, 1.165) is 20.8 Å². The van der Waals surface area contributed by atoms with E-state index in [-0.39, 0.29) is 0 Å². The summed E-state index contributed by atoms with van der Waals surface area (Å²) in [6.45, 7) is 2.37. The largest absolute Gasteiger partial charge is 0.212 e. The van der Waals surface area contributed by atoms with Gasteiger partial charge in [0.1, 0.15) is 18.0 Å². The molecule has 0 aliphatic heterocycles. The van der Waals surface area contributed by atoms with Crippen molar-refractivity contribution in [3.63, 3.8) is 0 Å². The summed E-state index contributed by atoms with van der Waals surface area (Å²) in [7, 11) is 0. The Morgan fingerprint density at radius 3 is 1.71 bits per heavy atom. The highest BCUT2D eigenvalue weighted by Crippen LogP contribution is 2.33. The van der Waals surface area contributed by atoms with Crippen molar-refractivity contribution in [2.75, 3.05) is 0 Å². The molecule has 132 valence electrons. The second-order valence-corrected chi connectivity index (χ2v) is 4.95. The molecule has 1 aromatic rings. The van der Waals surface area contributed by atoms with E-state index in [0.29, 0.717) is 0 Å². The van der Waals surface area contributed by atoms with Crippen LogP contribution in [0.2, 0.25) is 0 Å². The van der Waals surface area contributed by atoms with Gasteiger partial charge in [0.15, 0.2) is 29.1 Å². The van der Waals surface area contributed by atoms with Crippen LogP contribution in [0.3, 0.4) is 0 Å². The topological polar surface area (TPSA) is 0 Å². The quantitative estimate of drug-likeness (QED) is 0.321. The summed E-state index contributed by atoms with van der Waals surface area (Å²) in [5, 5.41) is 0. The van der Waals surface area contributed by atoms with Crippen LogP contribution in [-0.2, 0) is 0 Å². The molecule has 0 amide bonds. The normalized spacial score (nSPS) is 14.5. The van der Waals surface area contributed by atoms with Crippen molar-refractivity contribution in [3.8, 4) is 0 Å². The first-order chi connectivity index (χ1) is 11.0. The summed E-state index contributed by atoms with van der Waals surface area (Å²) in [5.41, 5.74) is -4.03. The molecule has 0 fully saturated rings. The zero-order chi connectivity index (χ0) is 18.8. The lowest BCUT2D eigenvalue weighted by atomic mass is 10.0. The molecule has 24 heavy (non-hydrogen) atoms. The van der Waals surface area contributed by atoms with Gasteiger partial charge in [-0.15, -0.1) is 0 Å². The Bertz CT molecular complexity index is 727. The van der Waals surface area contributed by atoms with Crippen LogP contribution >= 0.6 is 0 Å². The monoisotopic (exact) mass is 356 g/mol. The van der Waals surface area contributed by atoms with E-state index in [1.807, 2.05) is 0 Å². The third-order valence-corrected chi connectivity index (χ3v) is 3.44. The predicted octanol–water partition coefficient (Wildman–Crippen LogP) is 6.67. The Balaban J connectivity index is 3.46. The van der Waals surface area contributed by atoms with E-state index in [9.17, 15) is 35.1 Å². The second-order valence-electron chi connectivity index (χ2n) is 4.95. The molecule has 0 aromatic heterocycles. The standard InChI is InChI=1S/C16H12F8/c1-6(11(20)5-17)9(18)4-10(19)7(2)12-15(23)13(21)8(3)14(22)16(12)24/h5H,4H2,1-3H3/b9-6+,10-7-,11-5-. The highest BCUT2D eigenvalue weighted by atomic mass is 19.2. The van der Waals surface area contributed by atoms with E-state index >= 15 is 0 Å². The fraction of sp³-hybridized carbons (Fsp3) is 0.250. The lowest BCUT2D eigenvalue weighted by molar-refractivity contribution is 0.440. The van der Waals surface area contributed by atoms with Gasteiger partial charge in [-0.3, -0.25) is 0 Å². The molecule has 0 N–H and O–H groups in total. The fourth-order valence-corrected chi connectivity index (χ4v) is 1.82. The fourth-order valence-electron chi connectivity index (χ4n) is 1.82. The molecule has 0 saturated carbocycles. The molecule has 0 bridgehead atoms. The summed E-state index contributed by atoms with van der Waals surface area (Å²) in [6, 6.07) is 0. The maximum absolute atomic E-state index is 14.0. The first-order valence-electron chi connectivity index (χ1n) is 6.54. The Morgan fingerprint density at radius 1 is 0.833 bits per heavy atom. The minimum atomic E-state index is -1.84. The molecule has 0 aliphatic carbocycles. The molecule has 0 atom stereocenters. The number of halogens is 8. The number of benzene rings is 1. The molecule has 1 aromatic carbocycles. The van der Waals surface area contributed by atoms with Gasteiger partial charge in [-0.1, -0.05) is 0 Å². The van der Waals surface area contributed by atoms with Crippen molar-refractivity contribution >= 4 is 5.57 Å². The first kappa shape index (κ1) is 19.9. The van der Waals surface area contributed by atoms with Gasteiger partial charge in [0.25, 0.3) is 0 Å². The van der Waals surface area contributed by atoms with Crippen molar-refractivity contribution in [2.45, 2.75) is 27.2 Å². The molecular formula is C16H12F8. The first-order valence-corrected chi connectivity index (χ1v) is 6.54. The van der Waals surface area contributed by atoms with E-state index in [4.69, 9.17) is 0 Å². The SMILES string of the molecule is C/C(=C(/F)C/C(F)=C(C)\C(F)=C\F)c1c(F)c(F)c(C)c(F)c1F. The average Bonchev–Trinajstić information content (AvgIpc) is 2.56. The second kappa shape index (κ2) is 7.63. The van der Waals surface area contributed by atoms with Crippen LogP contribution in [-0.4, -0.2) is 0 Å². The summed E-state index contributed by atoms with van der Waals surface area (Å²) < 4.78 is 107. The molecule has 0 saturated heterocycles. The lowest BCUT2D eigenvalue weighted by Gasteiger charge is -2.11. The van der Waals surface area contributed by atoms with Crippen molar-refractivity contribution in [1.29, 1.82) is 0 Å². The Hall–Kier alpha value is -2.12. The maximum atomic E-state index is 14.0. The van der Waals surface area contributed by atoms with Crippen molar-refractivity contribution < 1.29 is 35.1 Å². The predicted molar refractivity (Wildman–Crippen MR) is 73.4 cm³/mol. The Morgan fingerprint density at radius 2 is 1.29 bits per heavy atom. The average molecular weight is 356 g/mol. The Labute approximate surface area is 132 Å². The molecule has 8 heteroatoms. The Kier molecular flexibility index (Phi) is 6.34. The van der Waals surface area contributed by atoms with Gasteiger partial charge in [-0.05, 0) is 26.3 Å². The number of hydrogen-bond acceptors (Lipinski definition) is 0. The van der Waals surface area contributed by atoms with Gasteiger partial charge >= 0.3 is 0 Å². The van der Waals surface area contributed by atoms with Crippen molar-refractivity contribution in [3.05, 3.63) is 63.8 Å². The van der Waals surface area contributed by atoms with Crippen LogP contribution in [0, 0.1) is 30.2 Å². The molecule has 0 spiro atoms. The zero-order valence-corrected chi connectivity index (χ0v) is 12.8. The van der Waals surface area contributed by atoms with Gasteiger partial charge < -0.3 is 0 Å². The van der Waals surface area contributed by atoms with Crippen LogP contribution in [0.25, 0.3) is 5.57 Å². The van der Waals surface area contributed by atoms with E-state index < -0.39 is 75.8 Å². The maximum Gasteiger partial charge on any atom is 0.169 e. The highest BCUT2D eigenvalue weighted by molar-refractivity contribution is 5.67. The summed E-state index contributed by atoms with van der Waals surface area (Å²) >= 11 is 0. The molecule has 0 radical (unpaired) electrons. The van der Waals surface area contributed by atoms with Crippen LogP contribution in [0.1, 0.15) is 31.4 Å². The van der Waals surface area contributed by atoms with E-state index in [1.165, 1.54) is 0 Å². The summed E-state index contributed by atoms with van der Waals surface area (Å²) in [6.07, 6.45) is -1.82. The van der Waals surface area contributed by atoms with Gasteiger partial charge in [0, 0.05) is 11.1 Å². The highest BCUT2D eigenvalue weighted by Gasteiger charge is 2.26.